The van der Waals surface area contributed by atoms with Crippen molar-refractivity contribution in [3.05, 3.63) is 47.1 Å². The number of aromatic hydroxyl groups is 1. The lowest BCUT2D eigenvalue weighted by Gasteiger charge is -2.33. The Hall–Kier alpha value is -2.45. The van der Waals surface area contributed by atoms with E-state index in [1.807, 2.05) is 18.2 Å². The van der Waals surface area contributed by atoms with Crippen molar-refractivity contribution in [2.45, 2.75) is 18.9 Å². The summed E-state index contributed by atoms with van der Waals surface area (Å²) in [5.41, 5.74) is 1.14. The van der Waals surface area contributed by atoms with Gasteiger partial charge in [-0.1, -0.05) is 41.7 Å². The zero-order valence-corrected chi connectivity index (χ0v) is 15.3. The Morgan fingerprint density at radius 2 is 2.08 bits per heavy atom. The maximum atomic E-state index is 11.8. The number of aromatic nitrogens is 3. The summed E-state index contributed by atoms with van der Waals surface area (Å²) in [6.07, 6.45) is 3.02. The summed E-state index contributed by atoms with van der Waals surface area (Å²) < 4.78 is 6.38. The monoisotopic (exact) mass is 373 g/mol. The molecule has 0 unspecified atom stereocenters. The number of piperidine rings is 1. The molecule has 0 amide bonds. The minimum absolute atomic E-state index is 0.0108. The molecule has 1 aliphatic rings. The van der Waals surface area contributed by atoms with Crippen LogP contribution in [-0.2, 0) is 9.53 Å². The molecule has 4 rings (SSSR count). The average Bonchev–Trinajstić information content (AvgIpc) is 3.26. The smallest absolute Gasteiger partial charge is 0.309 e. The fraction of sp³-hybridized carbons (Fsp3) is 0.389. The maximum absolute atomic E-state index is 11.8. The van der Waals surface area contributed by atoms with E-state index >= 15 is 0 Å². The molecule has 3 aromatic rings. The van der Waals surface area contributed by atoms with Crippen LogP contribution in [0.4, 0.5) is 0 Å². The molecule has 0 saturated carbocycles. The molecule has 0 bridgehead atoms. The number of thiazole rings is 1. The second-order valence-corrected chi connectivity index (χ2v) is 7.55. The summed E-state index contributed by atoms with van der Waals surface area (Å²) in [7, 11) is 1.45. The Morgan fingerprint density at radius 3 is 2.73 bits per heavy atom. The number of likely N-dealkylation sites (tertiary alicyclic amines) is 1. The largest absolute Gasteiger partial charge is 0.492 e. The quantitative estimate of drug-likeness (QED) is 0.669. The number of nitrogens with zero attached hydrogens (tertiary/aromatic N) is 3. The van der Waals surface area contributed by atoms with Crippen molar-refractivity contribution in [1.29, 1.82) is 0 Å². The molecule has 26 heavy (non-hydrogen) atoms. The van der Waals surface area contributed by atoms with Crippen LogP contribution in [0.5, 0.6) is 5.88 Å². The number of carbonyl (C=O) groups is 1. The Labute approximate surface area is 154 Å². The van der Waals surface area contributed by atoms with Crippen molar-refractivity contribution >= 4 is 22.3 Å². The highest BCUT2D eigenvalue weighted by molar-refractivity contribution is 7.17. The Bertz CT molecular complexity index is 900. The highest BCUT2D eigenvalue weighted by Gasteiger charge is 2.36. The number of methoxy groups -OCH3 is 1. The van der Waals surface area contributed by atoms with E-state index in [4.69, 9.17) is 4.74 Å². The molecule has 7 nitrogen and oxygen atoms in total. The molecule has 8 heteroatoms. The Morgan fingerprint density at radius 1 is 1.35 bits per heavy atom. The molecular formula is C18H21N4O3S+. The Balaban J connectivity index is 1.68. The van der Waals surface area contributed by atoms with Gasteiger partial charge in [-0.2, -0.15) is 9.61 Å². The lowest BCUT2D eigenvalue weighted by atomic mass is 9.94. The molecule has 0 radical (unpaired) electrons. The van der Waals surface area contributed by atoms with Crippen LogP contribution in [0.3, 0.4) is 0 Å². The minimum atomic E-state index is -0.123. The van der Waals surface area contributed by atoms with Gasteiger partial charge in [0.1, 0.15) is 11.2 Å². The topological polar surface area (TPSA) is 81.2 Å². The average molecular weight is 373 g/mol. The zero-order valence-electron chi connectivity index (χ0n) is 14.5. The van der Waals surface area contributed by atoms with Crippen molar-refractivity contribution in [3.8, 4) is 5.88 Å². The van der Waals surface area contributed by atoms with Crippen molar-refractivity contribution in [1.82, 2.24) is 14.6 Å². The number of quaternary nitrogens is 1. The fourth-order valence-electron chi connectivity index (χ4n) is 3.78. The molecule has 2 N–H and O–H groups in total. The molecule has 0 spiro atoms. The number of carbonyl (C=O) groups excluding carboxylic acids is 1. The van der Waals surface area contributed by atoms with Crippen LogP contribution in [0.25, 0.3) is 4.96 Å². The molecule has 0 aliphatic carbocycles. The van der Waals surface area contributed by atoms with Crippen molar-refractivity contribution in [2.24, 2.45) is 5.92 Å². The van der Waals surface area contributed by atoms with Gasteiger partial charge < -0.3 is 14.7 Å². The molecule has 1 aromatic carbocycles. The van der Waals surface area contributed by atoms with Crippen LogP contribution in [0.2, 0.25) is 0 Å². The lowest BCUT2D eigenvalue weighted by molar-refractivity contribution is -0.930. The first-order valence-electron chi connectivity index (χ1n) is 8.67. The molecule has 136 valence electrons. The van der Waals surface area contributed by atoms with Gasteiger partial charge in [0.2, 0.25) is 10.8 Å². The van der Waals surface area contributed by atoms with E-state index in [2.05, 4.69) is 22.2 Å². The van der Waals surface area contributed by atoms with Gasteiger partial charge in [-0.15, -0.1) is 0 Å². The summed E-state index contributed by atoms with van der Waals surface area (Å²) in [6, 6.07) is 10.2. The molecular weight excluding hydrogens is 352 g/mol. The van der Waals surface area contributed by atoms with Crippen molar-refractivity contribution < 1.29 is 19.5 Å². The molecule has 1 fully saturated rings. The number of hydrogen-bond acceptors (Lipinski definition) is 6. The highest BCUT2D eigenvalue weighted by atomic mass is 32.1. The van der Waals surface area contributed by atoms with Crippen molar-refractivity contribution in [2.75, 3.05) is 20.2 Å². The van der Waals surface area contributed by atoms with Gasteiger partial charge in [0, 0.05) is 18.4 Å². The molecule has 1 aliphatic heterocycles. The molecule has 1 atom stereocenters. The second kappa shape index (κ2) is 7.05. The zero-order chi connectivity index (χ0) is 18.1. The summed E-state index contributed by atoms with van der Waals surface area (Å²) >= 11 is 1.47. The van der Waals surface area contributed by atoms with E-state index in [9.17, 15) is 9.90 Å². The number of nitrogens with one attached hydrogen (secondary N) is 1. The van der Waals surface area contributed by atoms with Crippen LogP contribution in [0, 0.1) is 5.92 Å². The third-order valence-corrected chi connectivity index (χ3v) is 6.20. The lowest BCUT2D eigenvalue weighted by Crippen LogP contribution is -3.13. The molecule has 2 aromatic heterocycles. The second-order valence-electron chi connectivity index (χ2n) is 6.54. The van der Waals surface area contributed by atoms with Crippen molar-refractivity contribution in [3.63, 3.8) is 0 Å². The summed E-state index contributed by atoms with van der Waals surface area (Å²) in [6.45, 7) is 1.68. The maximum Gasteiger partial charge on any atom is 0.309 e. The molecule has 1 saturated heterocycles. The predicted octanol–water partition coefficient (Wildman–Crippen LogP) is 1.05. The number of ether oxygens (including phenoxy) is 1. The fourth-order valence-corrected chi connectivity index (χ4v) is 4.89. The number of esters is 1. The van der Waals surface area contributed by atoms with E-state index in [1.165, 1.54) is 34.2 Å². The number of benzene rings is 1. The van der Waals surface area contributed by atoms with Crippen LogP contribution >= 0.6 is 11.3 Å². The number of rotatable bonds is 4. The van der Waals surface area contributed by atoms with E-state index in [-0.39, 0.29) is 23.8 Å². The van der Waals surface area contributed by atoms with Gasteiger partial charge >= 0.3 is 5.97 Å². The first-order chi connectivity index (χ1) is 12.7. The third-order valence-electron chi connectivity index (χ3n) is 5.10. The summed E-state index contributed by atoms with van der Waals surface area (Å²) in [4.78, 5) is 18.9. The van der Waals surface area contributed by atoms with E-state index < -0.39 is 0 Å². The molecule has 3 heterocycles. The summed E-state index contributed by atoms with van der Waals surface area (Å²) in [5.74, 6) is -0.00279. The van der Waals surface area contributed by atoms with Gasteiger partial charge in [-0.3, -0.25) is 4.79 Å². The predicted molar refractivity (Wildman–Crippen MR) is 96.3 cm³/mol. The van der Waals surface area contributed by atoms with Crippen LogP contribution in [-0.4, -0.2) is 45.9 Å². The first kappa shape index (κ1) is 17.0. The minimum Gasteiger partial charge on any atom is -0.492 e. The number of hydrogen-bond donors (Lipinski definition) is 2. The van der Waals surface area contributed by atoms with E-state index in [1.54, 1.807) is 0 Å². The first-order valence-corrected chi connectivity index (χ1v) is 9.49. The van der Waals surface area contributed by atoms with Crippen LogP contribution < -0.4 is 4.90 Å². The SMILES string of the molecule is COC(=O)C1CC[NH+]([C@@H](c2ccccc2)c2sc3ncnn3c2O)CC1. The number of fused-ring (bicyclic) bond motifs is 1. The van der Waals surface area contributed by atoms with E-state index in [0.29, 0.717) is 4.96 Å². The van der Waals surface area contributed by atoms with Gasteiger partial charge in [-0.05, 0) is 0 Å². The van der Waals surface area contributed by atoms with E-state index in [0.717, 1.165) is 36.4 Å². The van der Waals surface area contributed by atoms with Gasteiger partial charge in [0.05, 0.1) is 26.1 Å². The third kappa shape index (κ3) is 2.95. The Kier molecular flexibility index (Phi) is 4.60. The summed E-state index contributed by atoms with van der Waals surface area (Å²) in [5, 5.41) is 14.8. The highest BCUT2D eigenvalue weighted by Crippen LogP contribution is 2.34. The standard InChI is InChI=1S/C18H20N4O3S/c1-25-17(24)13-7-9-21(10-8-13)14(12-5-3-2-4-6-12)15-16(23)22-18(26-15)19-11-20-22/h2-6,11,13-14,23H,7-10H2,1H3/p+1/t14-/m0/s1. The van der Waals surface area contributed by atoms with Gasteiger partial charge in [-0.25, -0.2) is 4.98 Å². The van der Waals surface area contributed by atoms with Gasteiger partial charge in [0.25, 0.3) is 0 Å². The van der Waals surface area contributed by atoms with Gasteiger partial charge in [0.15, 0.2) is 6.04 Å². The van der Waals surface area contributed by atoms with Crippen LogP contribution in [0.1, 0.15) is 29.3 Å². The normalized spacial score (nSPS) is 21.6. The van der Waals surface area contributed by atoms with Crippen LogP contribution in [0.15, 0.2) is 36.7 Å².